The number of thiazole rings is 1. The lowest BCUT2D eigenvalue weighted by molar-refractivity contribution is 0.477. The van der Waals surface area contributed by atoms with Crippen LogP contribution in [-0.2, 0) is 10.7 Å². The topological polar surface area (TPSA) is 47.0 Å². The van der Waals surface area contributed by atoms with Crippen molar-refractivity contribution < 1.29 is 4.28 Å². The monoisotopic (exact) mass is 385 g/mol. The van der Waals surface area contributed by atoms with Crippen LogP contribution in [0.2, 0.25) is 0 Å². The maximum Gasteiger partial charge on any atom is 0.124 e. The van der Waals surface area contributed by atoms with Crippen molar-refractivity contribution in [1.29, 1.82) is 0 Å². The Bertz CT molecular complexity index is 963. The minimum absolute atomic E-state index is 0.897. The molecule has 0 fully saturated rings. The van der Waals surface area contributed by atoms with Crippen molar-refractivity contribution >= 4 is 50.6 Å². The van der Waals surface area contributed by atoms with Crippen LogP contribution in [-0.4, -0.2) is 9.97 Å². The molecule has 0 bridgehead atoms. The third-order valence-electron chi connectivity index (χ3n) is 3.58. The molecule has 4 aromatic rings. The molecule has 1 aromatic carbocycles. The van der Waals surface area contributed by atoms with Gasteiger partial charge in [-0.1, -0.05) is 19.1 Å². The van der Waals surface area contributed by atoms with Gasteiger partial charge in [-0.25, -0.2) is 4.98 Å². The predicted molar refractivity (Wildman–Crippen MR) is 107 cm³/mol. The molecule has 0 saturated carbocycles. The zero-order valence-electron chi connectivity index (χ0n) is 13.4. The molecule has 126 valence electrons. The predicted octanol–water partition coefficient (Wildman–Crippen LogP) is 6.03. The summed E-state index contributed by atoms with van der Waals surface area (Å²) >= 11 is 4.73. The molecule has 1 N–H and O–H groups in total. The van der Waals surface area contributed by atoms with E-state index in [1.54, 1.807) is 28.9 Å². The Hall–Kier alpha value is -1.93. The van der Waals surface area contributed by atoms with E-state index in [0.717, 1.165) is 37.8 Å². The lowest BCUT2D eigenvalue weighted by Crippen LogP contribution is -1.93. The van der Waals surface area contributed by atoms with Gasteiger partial charge in [0, 0.05) is 33.1 Å². The summed E-state index contributed by atoms with van der Waals surface area (Å²) in [5.74, 6) is 0. The summed E-state index contributed by atoms with van der Waals surface area (Å²) in [4.78, 5) is 11.3. The fourth-order valence-electron chi connectivity index (χ4n) is 2.33. The summed E-state index contributed by atoms with van der Waals surface area (Å²) in [7, 11) is 0. The van der Waals surface area contributed by atoms with Crippen LogP contribution < -0.4 is 5.48 Å². The van der Waals surface area contributed by atoms with Crippen molar-refractivity contribution in [2.45, 2.75) is 18.2 Å². The van der Waals surface area contributed by atoms with Gasteiger partial charge < -0.3 is 0 Å². The van der Waals surface area contributed by atoms with Gasteiger partial charge in [-0.3, -0.25) is 10.5 Å². The van der Waals surface area contributed by atoms with Crippen LogP contribution in [0.1, 0.15) is 11.8 Å². The van der Waals surface area contributed by atoms with Crippen molar-refractivity contribution in [3.8, 4) is 10.6 Å². The molecule has 4 rings (SSSR count). The SMILES string of the molecule is CCc1cc(SONc2cccc(-c3nc4ccncc4s3)c2)cs1. The highest BCUT2D eigenvalue weighted by molar-refractivity contribution is 7.94. The second-order valence-electron chi connectivity index (χ2n) is 5.31. The van der Waals surface area contributed by atoms with Crippen LogP contribution in [0.25, 0.3) is 20.8 Å². The molecule has 0 saturated heterocycles. The van der Waals surface area contributed by atoms with Crippen molar-refractivity contribution in [3.05, 3.63) is 59.0 Å². The van der Waals surface area contributed by atoms with Gasteiger partial charge >= 0.3 is 0 Å². The van der Waals surface area contributed by atoms with E-state index < -0.39 is 0 Å². The van der Waals surface area contributed by atoms with Crippen LogP contribution in [0.5, 0.6) is 0 Å². The molecule has 0 spiro atoms. The molecule has 3 heterocycles. The molecule has 4 nitrogen and oxygen atoms in total. The van der Waals surface area contributed by atoms with E-state index in [0.29, 0.717) is 0 Å². The van der Waals surface area contributed by atoms with E-state index in [-0.39, 0.29) is 0 Å². The standard InChI is InChI=1S/C18H15N3OS3/c1-2-14-9-15(11-23-14)25-22-21-13-5-3-4-12(8-13)18-20-16-6-7-19-10-17(16)24-18/h3-11,21H,2H2,1H3. The highest BCUT2D eigenvalue weighted by atomic mass is 32.2. The second-order valence-corrected chi connectivity index (χ2v) is 8.15. The second kappa shape index (κ2) is 7.53. The molecule has 25 heavy (non-hydrogen) atoms. The van der Waals surface area contributed by atoms with Crippen LogP contribution in [0.15, 0.2) is 59.1 Å². The number of rotatable bonds is 6. The number of pyridine rings is 1. The molecule has 0 atom stereocenters. The molecule has 0 radical (unpaired) electrons. The zero-order chi connectivity index (χ0) is 17.1. The number of nitrogens with one attached hydrogen (secondary N) is 1. The summed E-state index contributed by atoms with van der Waals surface area (Å²) in [6, 6.07) is 12.2. The van der Waals surface area contributed by atoms with Gasteiger partial charge in [-0.05, 0) is 30.7 Å². The van der Waals surface area contributed by atoms with E-state index in [1.807, 2.05) is 30.5 Å². The van der Waals surface area contributed by atoms with E-state index in [1.165, 1.54) is 16.9 Å². The largest absolute Gasteiger partial charge is 0.263 e. The number of fused-ring (bicyclic) bond motifs is 1. The summed E-state index contributed by atoms with van der Waals surface area (Å²) in [6.45, 7) is 2.16. The minimum atomic E-state index is 0.897. The molecule has 0 aliphatic carbocycles. The molecule has 7 heteroatoms. The number of hydrogen-bond donors (Lipinski definition) is 1. The number of hydrogen-bond acceptors (Lipinski definition) is 7. The molecule has 0 unspecified atom stereocenters. The third-order valence-corrected chi connectivity index (χ3v) is 6.46. The summed E-state index contributed by atoms with van der Waals surface area (Å²) in [5, 5.41) is 3.08. The average Bonchev–Trinajstić information content (AvgIpc) is 3.28. The number of nitrogens with zero attached hydrogens (tertiary/aromatic N) is 2. The number of aryl methyl sites for hydroxylation is 1. The van der Waals surface area contributed by atoms with Gasteiger partial charge in [0.05, 0.1) is 27.9 Å². The highest BCUT2D eigenvalue weighted by Gasteiger charge is 2.07. The van der Waals surface area contributed by atoms with E-state index in [9.17, 15) is 0 Å². The first kappa shape index (κ1) is 16.5. The summed E-state index contributed by atoms with van der Waals surface area (Å²) < 4.78 is 6.65. The van der Waals surface area contributed by atoms with Gasteiger partial charge in [-0.2, -0.15) is 4.28 Å². The normalized spacial score (nSPS) is 11.1. The molecule has 0 aliphatic heterocycles. The molecule has 3 aromatic heterocycles. The van der Waals surface area contributed by atoms with Gasteiger partial charge in [0.15, 0.2) is 0 Å². The Morgan fingerprint density at radius 1 is 1.24 bits per heavy atom. The molecular weight excluding hydrogens is 370 g/mol. The smallest absolute Gasteiger partial charge is 0.124 e. The van der Waals surface area contributed by atoms with Gasteiger partial charge in [0.2, 0.25) is 0 Å². The van der Waals surface area contributed by atoms with Gasteiger partial charge in [0.25, 0.3) is 0 Å². The first-order valence-corrected chi connectivity index (χ1v) is 10.2. The van der Waals surface area contributed by atoms with E-state index >= 15 is 0 Å². The van der Waals surface area contributed by atoms with E-state index in [2.05, 4.69) is 39.9 Å². The highest BCUT2D eigenvalue weighted by Crippen LogP contribution is 2.31. The minimum Gasteiger partial charge on any atom is -0.263 e. The molecule has 0 aliphatic rings. The van der Waals surface area contributed by atoms with Crippen molar-refractivity contribution in [1.82, 2.24) is 9.97 Å². The Kier molecular flexibility index (Phi) is 4.98. The summed E-state index contributed by atoms with van der Waals surface area (Å²) in [6.07, 6.45) is 4.67. The molecule has 0 amide bonds. The molecular formula is C18H15N3OS3. The van der Waals surface area contributed by atoms with Gasteiger partial charge in [0.1, 0.15) is 5.01 Å². The third kappa shape index (κ3) is 3.85. The zero-order valence-corrected chi connectivity index (χ0v) is 15.9. The maximum absolute atomic E-state index is 5.56. The van der Waals surface area contributed by atoms with Crippen molar-refractivity contribution in [2.24, 2.45) is 0 Å². The number of aromatic nitrogens is 2. The first-order chi connectivity index (χ1) is 12.3. The van der Waals surface area contributed by atoms with Crippen LogP contribution >= 0.6 is 34.7 Å². The number of anilines is 1. The Morgan fingerprint density at radius 3 is 3.04 bits per heavy atom. The van der Waals surface area contributed by atoms with Crippen LogP contribution in [0.4, 0.5) is 5.69 Å². The van der Waals surface area contributed by atoms with E-state index in [4.69, 9.17) is 4.28 Å². The summed E-state index contributed by atoms with van der Waals surface area (Å²) in [5.41, 5.74) is 5.93. The Labute approximate surface area is 158 Å². The average molecular weight is 386 g/mol. The Balaban J connectivity index is 1.45. The lowest BCUT2D eigenvalue weighted by Gasteiger charge is -2.05. The maximum atomic E-state index is 5.56. The number of benzene rings is 1. The fourth-order valence-corrected chi connectivity index (χ4v) is 4.75. The Morgan fingerprint density at radius 2 is 2.20 bits per heavy atom. The first-order valence-electron chi connectivity index (χ1n) is 7.80. The van der Waals surface area contributed by atoms with Crippen molar-refractivity contribution in [2.75, 3.05) is 5.48 Å². The van der Waals surface area contributed by atoms with Crippen LogP contribution in [0.3, 0.4) is 0 Å². The van der Waals surface area contributed by atoms with Crippen LogP contribution in [0, 0.1) is 0 Å². The number of thiophene rings is 1. The fraction of sp³-hybridized carbons (Fsp3) is 0.111. The van der Waals surface area contributed by atoms with Gasteiger partial charge in [-0.15, -0.1) is 22.7 Å². The lowest BCUT2D eigenvalue weighted by atomic mass is 10.2. The van der Waals surface area contributed by atoms with Crippen molar-refractivity contribution in [3.63, 3.8) is 0 Å². The quantitative estimate of drug-likeness (QED) is 0.324.